The van der Waals surface area contributed by atoms with Gasteiger partial charge in [-0.15, -0.1) is 0 Å². The second-order valence-electron chi connectivity index (χ2n) is 4.52. The zero-order chi connectivity index (χ0) is 14.1. The minimum absolute atomic E-state index is 0.283. The maximum absolute atomic E-state index is 13.8. The second kappa shape index (κ2) is 5.34. The van der Waals surface area contributed by atoms with Crippen molar-refractivity contribution in [2.75, 3.05) is 11.9 Å². The lowest BCUT2D eigenvalue weighted by atomic mass is 10.1. The first-order valence-corrected chi connectivity index (χ1v) is 6.97. The van der Waals surface area contributed by atoms with Gasteiger partial charge in [-0.2, -0.15) is 4.98 Å². The van der Waals surface area contributed by atoms with E-state index in [0.29, 0.717) is 12.4 Å². The van der Waals surface area contributed by atoms with Gasteiger partial charge in [0, 0.05) is 35.2 Å². The van der Waals surface area contributed by atoms with Crippen molar-refractivity contribution in [2.24, 2.45) is 0 Å². The number of halogens is 2. The predicted molar refractivity (Wildman–Crippen MR) is 77.7 cm³/mol. The SMILES string of the molecule is O=c1nc(Nc2cc(Br)ccc2F)c2c([nH]1)CCNC2. The lowest BCUT2D eigenvalue weighted by Gasteiger charge is -2.19. The lowest BCUT2D eigenvalue weighted by Crippen LogP contribution is -2.29. The summed E-state index contributed by atoms with van der Waals surface area (Å²) in [5.41, 5.74) is 1.57. The maximum Gasteiger partial charge on any atom is 0.347 e. The Kier molecular flexibility index (Phi) is 3.54. The molecule has 0 spiro atoms. The maximum atomic E-state index is 13.8. The summed E-state index contributed by atoms with van der Waals surface area (Å²) in [6.07, 6.45) is 0.725. The molecule has 5 nitrogen and oxygen atoms in total. The van der Waals surface area contributed by atoms with Gasteiger partial charge >= 0.3 is 5.69 Å². The van der Waals surface area contributed by atoms with Crippen molar-refractivity contribution >= 4 is 27.4 Å². The number of rotatable bonds is 2. The van der Waals surface area contributed by atoms with Crippen LogP contribution >= 0.6 is 15.9 Å². The third kappa shape index (κ3) is 2.59. The summed E-state index contributed by atoms with van der Waals surface area (Å²) in [6.45, 7) is 1.40. The number of H-pyrrole nitrogens is 1. The van der Waals surface area contributed by atoms with E-state index in [1.807, 2.05) is 0 Å². The van der Waals surface area contributed by atoms with E-state index in [-0.39, 0.29) is 5.69 Å². The van der Waals surface area contributed by atoms with Gasteiger partial charge in [0.15, 0.2) is 0 Å². The Hall–Kier alpha value is -1.73. The normalized spacial score (nSPS) is 13.9. The summed E-state index contributed by atoms with van der Waals surface area (Å²) in [5.74, 6) is 0.000695. The van der Waals surface area contributed by atoms with E-state index < -0.39 is 11.5 Å². The molecule has 0 saturated heterocycles. The molecule has 0 fully saturated rings. The fourth-order valence-electron chi connectivity index (χ4n) is 2.20. The van der Waals surface area contributed by atoms with Crippen LogP contribution in [0.2, 0.25) is 0 Å². The molecule has 2 aromatic rings. The van der Waals surface area contributed by atoms with E-state index in [2.05, 4.69) is 36.5 Å². The van der Waals surface area contributed by atoms with E-state index in [1.165, 1.54) is 6.07 Å². The molecular formula is C13H12BrFN4O. The van der Waals surface area contributed by atoms with Crippen LogP contribution in [-0.2, 0) is 13.0 Å². The van der Waals surface area contributed by atoms with Crippen molar-refractivity contribution in [1.82, 2.24) is 15.3 Å². The molecule has 0 saturated carbocycles. The fraction of sp³-hybridized carbons (Fsp3) is 0.231. The quantitative estimate of drug-likeness (QED) is 0.783. The Balaban J connectivity index is 2.04. The number of nitrogens with zero attached hydrogens (tertiary/aromatic N) is 1. The van der Waals surface area contributed by atoms with E-state index in [9.17, 15) is 9.18 Å². The number of hydrogen-bond acceptors (Lipinski definition) is 4. The number of benzene rings is 1. The molecule has 0 unspecified atom stereocenters. The molecule has 0 atom stereocenters. The number of aromatic nitrogens is 2. The predicted octanol–water partition coefficient (Wildman–Crippen LogP) is 2.06. The first kappa shape index (κ1) is 13.3. The minimum Gasteiger partial charge on any atom is -0.337 e. The van der Waals surface area contributed by atoms with Crippen molar-refractivity contribution in [2.45, 2.75) is 13.0 Å². The van der Waals surface area contributed by atoms with Gasteiger partial charge in [-0.3, -0.25) is 0 Å². The lowest BCUT2D eigenvalue weighted by molar-refractivity contribution is 0.622. The number of anilines is 2. The Labute approximate surface area is 122 Å². The topological polar surface area (TPSA) is 69.8 Å². The van der Waals surface area contributed by atoms with Gasteiger partial charge in [0.1, 0.15) is 11.6 Å². The van der Waals surface area contributed by atoms with Crippen LogP contribution in [0, 0.1) is 5.82 Å². The highest BCUT2D eigenvalue weighted by Crippen LogP contribution is 2.25. The number of nitrogens with one attached hydrogen (secondary N) is 3. The molecular weight excluding hydrogens is 327 g/mol. The van der Waals surface area contributed by atoms with Gasteiger partial charge in [0.25, 0.3) is 0 Å². The molecule has 1 aliphatic rings. The summed E-state index contributed by atoms with van der Waals surface area (Å²) in [6, 6.07) is 4.58. The molecule has 7 heteroatoms. The van der Waals surface area contributed by atoms with E-state index in [0.717, 1.165) is 28.7 Å². The molecule has 1 aromatic carbocycles. The Bertz CT molecular complexity index is 716. The average Bonchev–Trinajstić information content (AvgIpc) is 2.43. The van der Waals surface area contributed by atoms with Crippen LogP contribution in [0.5, 0.6) is 0 Å². The Morgan fingerprint density at radius 1 is 1.40 bits per heavy atom. The second-order valence-corrected chi connectivity index (χ2v) is 5.44. The first-order chi connectivity index (χ1) is 9.63. The standard InChI is InChI=1S/C13H12BrFN4O/c14-7-1-2-9(15)11(5-7)17-12-8-6-16-4-3-10(8)18-13(20)19-12/h1-2,5,16H,3-4,6H2,(H2,17,18,19,20). The molecule has 1 aliphatic heterocycles. The molecule has 0 radical (unpaired) electrons. The molecule has 104 valence electrons. The van der Waals surface area contributed by atoms with Crippen LogP contribution in [0.25, 0.3) is 0 Å². The highest BCUT2D eigenvalue weighted by molar-refractivity contribution is 9.10. The molecule has 0 aliphatic carbocycles. The molecule has 3 rings (SSSR count). The minimum atomic E-state index is -0.427. The van der Waals surface area contributed by atoms with Gasteiger partial charge in [0.05, 0.1) is 5.69 Å². The van der Waals surface area contributed by atoms with Gasteiger partial charge in [-0.05, 0) is 18.2 Å². The van der Waals surface area contributed by atoms with Crippen LogP contribution in [-0.4, -0.2) is 16.5 Å². The summed E-state index contributed by atoms with van der Waals surface area (Å²) >= 11 is 3.29. The number of hydrogen-bond donors (Lipinski definition) is 3. The van der Waals surface area contributed by atoms with Gasteiger partial charge in [0.2, 0.25) is 0 Å². The zero-order valence-corrected chi connectivity index (χ0v) is 12.1. The van der Waals surface area contributed by atoms with Crippen LogP contribution in [0.15, 0.2) is 27.5 Å². The summed E-state index contributed by atoms with van der Waals surface area (Å²) < 4.78 is 14.5. The summed E-state index contributed by atoms with van der Waals surface area (Å²) in [4.78, 5) is 18.2. The number of fused-ring (bicyclic) bond motifs is 1. The molecule has 1 aromatic heterocycles. The fourth-order valence-corrected chi connectivity index (χ4v) is 2.56. The van der Waals surface area contributed by atoms with Crippen molar-refractivity contribution in [1.29, 1.82) is 0 Å². The van der Waals surface area contributed by atoms with Crippen LogP contribution in [0.1, 0.15) is 11.3 Å². The summed E-state index contributed by atoms with van der Waals surface area (Å²) in [7, 11) is 0. The smallest absolute Gasteiger partial charge is 0.337 e. The monoisotopic (exact) mass is 338 g/mol. The van der Waals surface area contributed by atoms with Crippen LogP contribution in [0.4, 0.5) is 15.9 Å². The Morgan fingerprint density at radius 3 is 3.10 bits per heavy atom. The largest absolute Gasteiger partial charge is 0.347 e. The molecule has 3 N–H and O–H groups in total. The average molecular weight is 339 g/mol. The van der Waals surface area contributed by atoms with Gasteiger partial charge in [-0.1, -0.05) is 15.9 Å². The van der Waals surface area contributed by atoms with Gasteiger partial charge in [-0.25, -0.2) is 9.18 Å². The highest BCUT2D eigenvalue weighted by Gasteiger charge is 2.16. The molecule has 0 amide bonds. The van der Waals surface area contributed by atoms with E-state index in [4.69, 9.17) is 0 Å². The molecule has 2 heterocycles. The number of aromatic amines is 1. The Morgan fingerprint density at radius 2 is 2.25 bits per heavy atom. The van der Waals surface area contributed by atoms with Gasteiger partial charge < -0.3 is 15.6 Å². The zero-order valence-electron chi connectivity index (χ0n) is 10.5. The van der Waals surface area contributed by atoms with Crippen LogP contribution in [0.3, 0.4) is 0 Å². The van der Waals surface area contributed by atoms with Crippen molar-refractivity contribution in [3.8, 4) is 0 Å². The van der Waals surface area contributed by atoms with Crippen molar-refractivity contribution in [3.63, 3.8) is 0 Å². The third-order valence-electron chi connectivity index (χ3n) is 3.16. The van der Waals surface area contributed by atoms with Crippen LogP contribution < -0.4 is 16.3 Å². The van der Waals surface area contributed by atoms with E-state index >= 15 is 0 Å². The molecule has 0 bridgehead atoms. The highest BCUT2D eigenvalue weighted by atomic mass is 79.9. The van der Waals surface area contributed by atoms with Crippen molar-refractivity contribution in [3.05, 3.63) is 50.2 Å². The third-order valence-corrected chi connectivity index (χ3v) is 3.65. The van der Waals surface area contributed by atoms with Crippen molar-refractivity contribution < 1.29 is 4.39 Å². The molecule has 20 heavy (non-hydrogen) atoms. The first-order valence-electron chi connectivity index (χ1n) is 6.18. The van der Waals surface area contributed by atoms with E-state index in [1.54, 1.807) is 12.1 Å². The summed E-state index contributed by atoms with van der Waals surface area (Å²) in [5, 5.41) is 6.11.